The molecule has 1 rings (SSSR count). The van der Waals surface area contributed by atoms with E-state index >= 15 is 0 Å². The lowest BCUT2D eigenvalue weighted by atomic mass is 10.2. The Hall–Kier alpha value is -1.71. The minimum Gasteiger partial charge on any atom is -0.492 e. The third kappa shape index (κ3) is 4.21. The SMILES string of the molecule is CCc1cccc(OCCNC(=O)OC)c1. The quantitative estimate of drug-likeness (QED) is 0.776. The molecule has 0 aliphatic heterocycles. The van der Waals surface area contributed by atoms with Crippen molar-refractivity contribution >= 4 is 6.09 Å². The molecule has 0 heterocycles. The standard InChI is InChI=1S/C12H17NO3/c1-3-10-5-4-6-11(9-10)16-8-7-13-12(14)15-2/h4-6,9H,3,7-8H2,1-2H3,(H,13,14). The van der Waals surface area contributed by atoms with Crippen LogP contribution in [0, 0.1) is 0 Å². The fourth-order valence-corrected chi connectivity index (χ4v) is 1.25. The minimum absolute atomic E-state index is 0.433. The van der Waals surface area contributed by atoms with Crippen molar-refractivity contribution < 1.29 is 14.3 Å². The molecular weight excluding hydrogens is 206 g/mol. The molecule has 1 aromatic carbocycles. The van der Waals surface area contributed by atoms with Gasteiger partial charge in [-0.2, -0.15) is 0 Å². The van der Waals surface area contributed by atoms with Crippen molar-refractivity contribution in [1.29, 1.82) is 0 Å². The molecule has 0 atom stereocenters. The van der Waals surface area contributed by atoms with Crippen LogP contribution in [-0.4, -0.2) is 26.4 Å². The van der Waals surface area contributed by atoms with Crippen LogP contribution in [0.3, 0.4) is 0 Å². The van der Waals surface area contributed by atoms with Gasteiger partial charge in [-0.3, -0.25) is 0 Å². The summed E-state index contributed by atoms with van der Waals surface area (Å²) in [4.78, 5) is 10.7. The third-order valence-electron chi connectivity index (χ3n) is 2.13. The zero-order valence-electron chi connectivity index (χ0n) is 9.66. The average Bonchev–Trinajstić information content (AvgIpc) is 2.34. The van der Waals surface area contributed by atoms with Crippen molar-refractivity contribution in [1.82, 2.24) is 5.32 Å². The summed E-state index contributed by atoms with van der Waals surface area (Å²) in [5.41, 5.74) is 1.23. The Balaban J connectivity index is 2.28. The van der Waals surface area contributed by atoms with Gasteiger partial charge >= 0.3 is 6.09 Å². The second-order valence-corrected chi connectivity index (χ2v) is 3.27. The second-order valence-electron chi connectivity index (χ2n) is 3.27. The number of nitrogens with one attached hydrogen (secondary N) is 1. The van der Waals surface area contributed by atoms with E-state index in [9.17, 15) is 4.79 Å². The van der Waals surface area contributed by atoms with E-state index in [1.54, 1.807) is 0 Å². The molecule has 4 nitrogen and oxygen atoms in total. The van der Waals surface area contributed by atoms with Gasteiger partial charge in [0.25, 0.3) is 0 Å². The summed E-state index contributed by atoms with van der Waals surface area (Å²) in [6.45, 7) is 2.96. The molecule has 0 saturated carbocycles. The number of hydrogen-bond acceptors (Lipinski definition) is 3. The number of benzene rings is 1. The van der Waals surface area contributed by atoms with Crippen molar-refractivity contribution in [2.24, 2.45) is 0 Å². The molecule has 16 heavy (non-hydrogen) atoms. The maximum absolute atomic E-state index is 10.7. The lowest BCUT2D eigenvalue weighted by Crippen LogP contribution is -2.27. The van der Waals surface area contributed by atoms with E-state index in [0.717, 1.165) is 12.2 Å². The van der Waals surface area contributed by atoms with Gasteiger partial charge in [0.15, 0.2) is 0 Å². The first-order chi connectivity index (χ1) is 7.76. The molecule has 4 heteroatoms. The van der Waals surface area contributed by atoms with Gasteiger partial charge in [0, 0.05) is 0 Å². The van der Waals surface area contributed by atoms with Crippen molar-refractivity contribution in [2.75, 3.05) is 20.3 Å². The highest BCUT2D eigenvalue weighted by Gasteiger charge is 1.98. The molecule has 0 spiro atoms. The molecule has 0 aromatic heterocycles. The van der Waals surface area contributed by atoms with Crippen molar-refractivity contribution in [3.63, 3.8) is 0 Å². The van der Waals surface area contributed by atoms with Crippen LogP contribution in [-0.2, 0) is 11.2 Å². The van der Waals surface area contributed by atoms with E-state index in [2.05, 4.69) is 23.0 Å². The Bertz CT molecular complexity index is 339. The number of amides is 1. The Morgan fingerprint density at radius 2 is 2.25 bits per heavy atom. The molecule has 1 N–H and O–H groups in total. The summed E-state index contributed by atoms with van der Waals surface area (Å²) < 4.78 is 9.91. The van der Waals surface area contributed by atoms with Crippen molar-refractivity contribution in [3.05, 3.63) is 29.8 Å². The van der Waals surface area contributed by atoms with Crippen LogP contribution in [0.1, 0.15) is 12.5 Å². The van der Waals surface area contributed by atoms with Crippen LogP contribution < -0.4 is 10.1 Å². The molecule has 0 bridgehead atoms. The molecule has 88 valence electrons. The number of methoxy groups -OCH3 is 1. The van der Waals surface area contributed by atoms with E-state index in [4.69, 9.17) is 4.74 Å². The van der Waals surface area contributed by atoms with Crippen molar-refractivity contribution in [2.45, 2.75) is 13.3 Å². The van der Waals surface area contributed by atoms with Gasteiger partial charge in [0.2, 0.25) is 0 Å². The molecule has 0 radical (unpaired) electrons. The highest BCUT2D eigenvalue weighted by molar-refractivity contribution is 5.66. The normalized spacial score (nSPS) is 9.62. The van der Waals surface area contributed by atoms with Crippen LogP contribution in [0.15, 0.2) is 24.3 Å². The Kier molecular flexibility index (Phi) is 5.19. The number of ether oxygens (including phenoxy) is 2. The third-order valence-corrected chi connectivity index (χ3v) is 2.13. The molecule has 0 fully saturated rings. The molecule has 0 aliphatic rings. The number of rotatable bonds is 5. The van der Waals surface area contributed by atoms with Crippen LogP contribution in [0.25, 0.3) is 0 Å². The zero-order valence-corrected chi connectivity index (χ0v) is 9.66. The van der Waals surface area contributed by atoms with Crippen LogP contribution in [0.2, 0.25) is 0 Å². The van der Waals surface area contributed by atoms with Gasteiger partial charge in [0.1, 0.15) is 12.4 Å². The van der Waals surface area contributed by atoms with Gasteiger partial charge in [-0.1, -0.05) is 19.1 Å². The first kappa shape index (κ1) is 12.4. The number of hydrogen-bond donors (Lipinski definition) is 1. The molecule has 0 aliphatic carbocycles. The summed E-state index contributed by atoms with van der Waals surface area (Å²) in [5, 5.41) is 2.55. The molecule has 0 saturated heterocycles. The minimum atomic E-state index is -0.439. The molecule has 1 amide bonds. The Labute approximate surface area is 95.6 Å². The molecule has 0 unspecified atom stereocenters. The zero-order chi connectivity index (χ0) is 11.8. The van der Waals surface area contributed by atoms with Crippen LogP contribution in [0.5, 0.6) is 5.75 Å². The van der Waals surface area contributed by atoms with Crippen LogP contribution >= 0.6 is 0 Å². The summed E-state index contributed by atoms with van der Waals surface area (Å²) in [6.07, 6.45) is 0.545. The summed E-state index contributed by atoms with van der Waals surface area (Å²) in [7, 11) is 1.33. The van der Waals surface area contributed by atoms with Gasteiger partial charge in [-0.05, 0) is 24.1 Å². The molecule has 1 aromatic rings. The number of carbonyl (C=O) groups excluding carboxylic acids is 1. The van der Waals surface area contributed by atoms with Gasteiger partial charge in [-0.25, -0.2) is 4.79 Å². The van der Waals surface area contributed by atoms with E-state index < -0.39 is 6.09 Å². The van der Waals surface area contributed by atoms with Gasteiger partial charge in [-0.15, -0.1) is 0 Å². The molecular formula is C12H17NO3. The number of alkyl carbamates (subject to hydrolysis) is 1. The number of aryl methyl sites for hydroxylation is 1. The smallest absolute Gasteiger partial charge is 0.406 e. The first-order valence-electron chi connectivity index (χ1n) is 5.29. The highest BCUT2D eigenvalue weighted by atomic mass is 16.5. The maximum atomic E-state index is 10.7. The fraction of sp³-hybridized carbons (Fsp3) is 0.417. The average molecular weight is 223 g/mol. The predicted octanol–water partition coefficient (Wildman–Crippen LogP) is 1.98. The summed E-state index contributed by atoms with van der Waals surface area (Å²) >= 11 is 0. The largest absolute Gasteiger partial charge is 0.492 e. The topological polar surface area (TPSA) is 47.6 Å². The lowest BCUT2D eigenvalue weighted by molar-refractivity contribution is 0.168. The van der Waals surface area contributed by atoms with E-state index in [0.29, 0.717) is 13.2 Å². The Morgan fingerprint density at radius 3 is 2.94 bits per heavy atom. The van der Waals surface area contributed by atoms with Crippen molar-refractivity contribution in [3.8, 4) is 5.75 Å². The van der Waals surface area contributed by atoms with E-state index in [-0.39, 0.29) is 0 Å². The van der Waals surface area contributed by atoms with E-state index in [1.807, 2.05) is 18.2 Å². The predicted molar refractivity (Wildman–Crippen MR) is 61.7 cm³/mol. The fourth-order valence-electron chi connectivity index (χ4n) is 1.25. The summed E-state index contributed by atoms with van der Waals surface area (Å²) in [6, 6.07) is 7.91. The van der Waals surface area contributed by atoms with Gasteiger partial charge < -0.3 is 14.8 Å². The first-order valence-corrected chi connectivity index (χ1v) is 5.29. The van der Waals surface area contributed by atoms with Crippen LogP contribution in [0.4, 0.5) is 4.79 Å². The van der Waals surface area contributed by atoms with Gasteiger partial charge in [0.05, 0.1) is 13.7 Å². The lowest BCUT2D eigenvalue weighted by Gasteiger charge is -2.07. The second kappa shape index (κ2) is 6.71. The maximum Gasteiger partial charge on any atom is 0.406 e. The number of carbonyl (C=O) groups is 1. The highest BCUT2D eigenvalue weighted by Crippen LogP contribution is 2.13. The van der Waals surface area contributed by atoms with E-state index in [1.165, 1.54) is 12.7 Å². The summed E-state index contributed by atoms with van der Waals surface area (Å²) in [5.74, 6) is 0.825. The Morgan fingerprint density at radius 1 is 1.44 bits per heavy atom. The monoisotopic (exact) mass is 223 g/mol.